The molecule has 0 radical (unpaired) electrons. The van der Waals surface area contributed by atoms with Gasteiger partial charge < -0.3 is 14.6 Å². The number of benzene rings is 2. The Morgan fingerprint density at radius 1 is 1.07 bits per heavy atom. The molecule has 4 rings (SSSR count). The first-order valence-corrected chi connectivity index (χ1v) is 8.94. The van der Waals surface area contributed by atoms with E-state index in [-0.39, 0.29) is 18.4 Å². The SMILES string of the molecule is COc1ccc(N2C(=O)[C@@H](C3C(=O)OC[C@@H]3c3ccccc3)[C@H]2C(=O)O)cc1. The van der Waals surface area contributed by atoms with Gasteiger partial charge in [0.1, 0.15) is 11.8 Å². The number of ether oxygens (including phenoxy) is 2. The van der Waals surface area contributed by atoms with Crippen molar-refractivity contribution in [2.24, 2.45) is 11.8 Å². The maximum Gasteiger partial charge on any atom is 0.327 e. The molecule has 7 nitrogen and oxygen atoms in total. The third kappa shape index (κ3) is 2.79. The van der Waals surface area contributed by atoms with Crippen LogP contribution in [0.4, 0.5) is 5.69 Å². The zero-order valence-electron chi connectivity index (χ0n) is 15.1. The molecule has 2 heterocycles. The molecule has 2 aliphatic rings. The molecule has 2 aromatic carbocycles. The van der Waals surface area contributed by atoms with Gasteiger partial charge in [0.2, 0.25) is 5.91 Å². The second-order valence-corrected chi connectivity index (χ2v) is 6.89. The summed E-state index contributed by atoms with van der Waals surface area (Å²) in [6.07, 6.45) is 0. The lowest BCUT2D eigenvalue weighted by molar-refractivity contribution is -0.155. The summed E-state index contributed by atoms with van der Waals surface area (Å²) in [5.41, 5.74) is 1.32. The number of aliphatic carboxylic acids is 1. The van der Waals surface area contributed by atoms with Gasteiger partial charge in [-0.3, -0.25) is 14.5 Å². The smallest absolute Gasteiger partial charge is 0.327 e. The lowest BCUT2D eigenvalue weighted by Gasteiger charge is -2.47. The number of carbonyl (C=O) groups is 3. The monoisotopic (exact) mass is 381 g/mol. The zero-order chi connectivity index (χ0) is 19.8. The Labute approximate surface area is 161 Å². The maximum atomic E-state index is 13.0. The van der Waals surface area contributed by atoms with Gasteiger partial charge in [-0.05, 0) is 29.8 Å². The number of carbonyl (C=O) groups excluding carboxylic acids is 2. The van der Waals surface area contributed by atoms with Crippen molar-refractivity contribution in [2.75, 3.05) is 18.6 Å². The Kier molecular flexibility index (Phi) is 4.50. The number of amides is 1. The average Bonchev–Trinajstić information content (AvgIpc) is 3.08. The predicted molar refractivity (Wildman–Crippen MR) is 99.0 cm³/mol. The first kappa shape index (κ1) is 18.0. The summed E-state index contributed by atoms with van der Waals surface area (Å²) in [7, 11) is 1.52. The molecule has 144 valence electrons. The second kappa shape index (κ2) is 6.99. The number of β-lactam (4-membered cyclic amide) rings is 1. The van der Waals surface area contributed by atoms with Crippen molar-refractivity contribution in [1.29, 1.82) is 0 Å². The van der Waals surface area contributed by atoms with Crippen LogP contribution in [0.25, 0.3) is 0 Å². The van der Waals surface area contributed by atoms with E-state index in [2.05, 4.69) is 0 Å². The number of cyclic esters (lactones) is 1. The molecular formula is C21H19NO6. The van der Waals surface area contributed by atoms with Gasteiger partial charge in [0.25, 0.3) is 0 Å². The van der Waals surface area contributed by atoms with Crippen molar-refractivity contribution in [2.45, 2.75) is 12.0 Å². The Balaban J connectivity index is 1.66. The van der Waals surface area contributed by atoms with Crippen LogP contribution in [-0.2, 0) is 19.1 Å². The van der Waals surface area contributed by atoms with Crippen molar-refractivity contribution in [3.63, 3.8) is 0 Å². The lowest BCUT2D eigenvalue weighted by atomic mass is 9.70. The molecule has 1 N–H and O–H groups in total. The van der Waals surface area contributed by atoms with Crippen molar-refractivity contribution < 1.29 is 29.0 Å². The number of hydrogen-bond donors (Lipinski definition) is 1. The third-order valence-corrected chi connectivity index (χ3v) is 5.47. The van der Waals surface area contributed by atoms with E-state index in [4.69, 9.17) is 9.47 Å². The van der Waals surface area contributed by atoms with E-state index in [0.717, 1.165) is 5.56 Å². The minimum absolute atomic E-state index is 0.145. The van der Waals surface area contributed by atoms with Gasteiger partial charge in [0, 0.05) is 11.6 Å². The Morgan fingerprint density at radius 3 is 2.36 bits per heavy atom. The molecule has 4 atom stereocenters. The van der Waals surface area contributed by atoms with E-state index >= 15 is 0 Å². The van der Waals surface area contributed by atoms with E-state index in [1.807, 2.05) is 30.3 Å². The molecule has 0 aliphatic carbocycles. The minimum Gasteiger partial charge on any atom is -0.497 e. The summed E-state index contributed by atoms with van der Waals surface area (Å²) in [5, 5.41) is 9.79. The minimum atomic E-state index is -1.15. The molecule has 1 amide bonds. The standard InChI is InChI=1S/C21H19NO6/c1-27-14-9-7-13(8-10-14)22-18(20(24)25)17(19(22)23)16-15(11-28-21(16)26)12-5-3-2-4-6-12/h2-10,15-18H,11H2,1H3,(H,24,25)/t15-,16?,17+,18+/m1/s1. The van der Waals surface area contributed by atoms with Crippen LogP contribution >= 0.6 is 0 Å². The van der Waals surface area contributed by atoms with Gasteiger partial charge in [-0.2, -0.15) is 0 Å². The van der Waals surface area contributed by atoms with Crippen LogP contribution in [0.1, 0.15) is 11.5 Å². The molecule has 1 unspecified atom stereocenters. The Morgan fingerprint density at radius 2 is 1.75 bits per heavy atom. The van der Waals surface area contributed by atoms with Crippen molar-refractivity contribution in [1.82, 2.24) is 0 Å². The molecule has 0 saturated carbocycles. The fourth-order valence-electron chi connectivity index (χ4n) is 4.09. The van der Waals surface area contributed by atoms with E-state index in [9.17, 15) is 19.5 Å². The van der Waals surface area contributed by atoms with Crippen LogP contribution in [0.5, 0.6) is 5.75 Å². The largest absolute Gasteiger partial charge is 0.497 e. The van der Waals surface area contributed by atoms with Gasteiger partial charge >= 0.3 is 11.9 Å². The van der Waals surface area contributed by atoms with Gasteiger partial charge in [0.15, 0.2) is 0 Å². The van der Waals surface area contributed by atoms with Crippen LogP contribution in [0.2, 0.25) is 0 Å². The van der Waals surface area contributed by atoms with Crippen LogP contribution in [-0.4, -0.2) is 42.7 Å². The summed E-state index contributed by atoms with van der Waals surface area (Å²) in [4.78, 5) is 38.6. The maximum absolute atomic E-state index is 13.0. The normalized spacial score (nSPS) is 26.5. The van der Waals surface area contributed by atoms with E-state index in [1.165, 1.54) is 12.0 Å². The second-order valence-electron chi connectivity index (χ2n) is 6.89. The molecular weight excluding hydrogens is 362 g/mol. The van der Waals surface area contributed by atoms with Crippen LogP contribution < -0.4 is 9.64 Å². The molecule has 0 bridgehead atoms. The average molecular weight is 381 g/mol. The molecule has 2 aromatic rings. The molecule has 0 aromatic heterocycles. The summed E-state index contributed by atoms with van der Waals surface area (Å²) >= 11 is 0. The zero-order valence-corrected chi connectivity index (χ0v) is 15.1. The van der Waals surface area contributed by atoms with Crippen LogP contribution in [0, 0.1) is 11.8 Å². The highest BCUT2D eigenvalue weighted by Crippen LogP contribution is 2.46. The lowest BCUT2D eigenvalue weighted by Crippen LogP contribution is -2.67. The molecule has 2 fully saturated rings. The summed E-state index contributed by atoms with van der Waals surface area (Å²) in [6, 6.07) is 14.7. The van der Waals surface area contributed by atoms with Gasteiger partial charge in [-0.25, -0.2) is 4.79 Å². The number of hydrogen-bond acceptors (Lipinski definition) is 5. The number of rotatable bonds is 5. The quantitative estimate of drug-likeness (QED) is 0.630. The molecule has 2 aliphatic heterocycles. The van der Waals surface area contributed by atoms with E-state index in [1.54, 1.807) is 24.3 Å². The first-order chi connectivity index (χ1) is 13.5. The molecule has 7 heteroatoms. The topological polar surface area (TPSA) is 93.1 Å². The highest BCUT2D eigenvalue weighted by molar-refractivity contribution is 6.12. The fraction of sp³-hybridized carbons (Fsp3) is 0.286. The molecule has 2 saturated heterocycles. The molecule has 0 spiro atoms. The Bertz CT molecular complexity index is 910. The fourth-order valence-corrected chi connectivity index (χ4v) is 4.09. The van der Waals surface area contributed by atoms with Crippen LogP contribution in [0.3, 0.4) is 0 Å². The number of anilines is 1. The van der Waals surface area contributed by atoms with Crippen molar-refractivity contribution in [3.8, 4) is 5.75 Å². The number of carboxylic acid groups (broad SMARTS) is 1. The van der Waals surface area contributed by atoms with Crippen LogP contribution in [0.15, 0.2) is 54.6 Å². The van der Waals surface area contributed by atoms with Gasteiger partial charge in [0.05, 0.1) is 25.6 Å². The van der Waals surface area contributed by atoms with E-state index in [0.29, 0.717) is 11.4 Å². The van der Waals surface area contributed by atoms with Crippen molar-refractivity contribution in [3.05, 3.63) is 60.2 Å². The number of nitrogens with zero attached hydrogens (tertiary/aromatic N) is 1. The Hall–Kier alpha value is -3.35. The summed E-state index contributed by atoms with van der Waals surface area (Å²) < 4.78 is 10.3. The number of esters is 1. The predicted octanol–water partition coefficient (Wildman–Crippen LogP) is 2.07. The first-order valence-electron chi connectivity index (χ1n) is 8.94. The number of methoxy groups -OCH3 is 1. The summed E-state index contributed by atoms with van der Waals surface area (Å²) in [6.45, 7) is 0.145. The van der Waals surface area contributed by atoms with Gasteiger partial charge in [-0.1, -0.05) is 30.3 Å². The van der Waals surface area contributed by atoms with Gasteiger partial charge in [-0.15, -0.1) is 0 Å². The third-order valence-electron chi connectivity index (χ3n) is 5.47. The molecule has 28 heavy (non-hydrogen) atoms. The number of carboxylic acids is 1. The summed E-state index contributed by atoms with van der Waals surface area (Å²) in [5.74, 6) is -3.57. The highest BCUT2D eigenvalue weighted by Gasteiger charge is 2.61. The van der Waals surface area contributed by atoms with E-state index < -0.39 is 29.8 Å². The highest BCUT2D eigenvalue weighted by atomic mass is 16.5. The van der Waals surface area contributed by atoms with Crippen molar-refractivity contribution >= 4 is 23.5 Å².